The van der Waals surface area contributed by atoms with E-state index in [0.29, 0.717) is 6.04 Å². The molecule has 2 unspecified atom stereocenters. The van der Waals surface area contributed by atoms with Crippen LogP contribution in [-0.2, 0) is 20.0 Å². The van der Waals surface area contributed by atoms with Crippen molar-refractivity contribution in [3.63, 3.8) is 0 Å². The highest BCUT2D eigenvalue weighted by molar-refractivity contribution is 6.31. The summed E-state index contributed by atoms with van der Waals surface area (Å²) in [4.78, 5) is 2.63. The van der Waals surface area contributed by atoms with Crippen LogP contribution >= 0.6 is 11.6 Å². The molecule has 4 nitrogen and oxygen atoms in total. The van der Waals surface area contributed by atoms with E-state index in [-0.39, 0.29) is 5.54 Å². The highest BCUT2D eigenvalue weighted by Gasteiger charge is 2.48. The number of nitrogens with one attached hydrogen (secondary N) is 1. The lowest BCUT2D eigenvalue weighted by atomic mass is 9.89. The van der Waals surface area contributed by atoms with Crippen LogP contribution in [0, 0.1) is 5.92 Å². The Morgan fingerprint density at radius 1 is 1.43 bits per heavy atom. The predicted molar refractivity (Wildman–Crippen MR) is 86.6 cm³/mol. The van der Waals surface area contributed by atoms with E-state index in [1.807, 2.05) is 11.7 Å². The topological polar surface area (TPSA) is 33.1 Å². The molecule has 5 heteroatoms. The van der Waals surface area contributed by atoms with Gasteiger partial charge >= 0.3 is 0 Å². The summed E-state index contributed by atoms with van der Waals surface area (Å²) in [6.45, 7) is 9.85. The Bertz CT molecular complexity index is 523. The maximum atomic E-state index is 6.55. The Hall–Kier alpha value is -0.580. The highest BCUT2D eigenvalue weighted by Crippen LogP contribution is 2.44. The van der Waals surface area contributed by atoms with E-state index in [1.54, 1.807) is 0 Å². The zero-order chi connectivity index (χ0) is 15.2. The molecule has 1 aromatic rings. The van der Waals surface area contributed by atoms with Crippen LogP contribution in [0.4, 0.5) is 0 Å². The molecule has 3 rings (SSSR count). The van der Waals surface area contributed by atoms with E-state index in [1.165, 1.54) is 12.8 Å². The lowest BCUT2D eigenvalue weighted by molar-refractivity contribution is 0.0293. The average molecular weight is 311 g/mol. The van der Waals surface area contributed by atoms with Crippen LogP contribution in [0.2, 0.25) is 5.02 Å². The normalized spacial score (nSPS) is 30.8. The summed E-state index contributed by atoms with van der Waals surface area (Å²) in [5.74, 6) is 0.829. The van der Waals surface area contributed by atoms with Crippen molar-refractivity contribution < 1.29 is 0 Å². The molecule has 0 aromatic carbocycles. The Morgan fingerprint density at radius 3 is 2.71 bits per heavy atom. The van der Waals surface area contributed by atoms with Gasteiger partial charge in [-0.3, -0.25) is 9.58 Å². The summed E-state index contributed by atoms with van der Waals surface area (Å²) < 4.78 is 1.97. The van der Waals surface area contributed by atoms with Crippen LogP contribution in [0.5, 0.6) is 0 Å². The molecular formula is C16H27ClN4. The molecule has 0 amide bonds. The first-order valence-electron chi connectivity index (χ1n) is 8.14. The van der Waals surface area contributed by atoms with E-state index >= 15 is 0 Å². The third kappa shape index (κ3) is 2.73. The smallest absolute Gasteiger partial charge is 0.0863 e. The fourth-order valence-corrected chi connectivity index (χ4v) is 3.98. The number of hydrogen-bond acceptors (Lipinski definition) is 3. The van der Waals surface area contributed by atoms with Crippen LogP contribution in [-0.4, -0.2) is 39.4 Å². The van der Waals surface area contributed by atoms with Gasteiger partial charge in [-0.15, -0.1) is 0 Å². The Morgan fingerprint density at radius 2 is 2.14 bits per heavy atom. The molecule has 1 aromatic heterocycles. The zero-order valence-electron chi connectivity index (χ0n) is 13.6. The minimum atomic E-state index is 0.256. The highest BCUT2D eigenvalue weighted by atomic mass is 35.5. The van der Waals surface area contributed by atoms with Gasteiger partial charge in [-0.05, 0) is 39.0 Å². The van der Waals surface area contributed by atoms with Crippen molar-refractivity contribution in [1.82, 2.24) is 20.0 Å². The molecule has 2 atom stereocenters. The van der Waals surface area contributed by atoms with Gasteiger partial charge in [0.25, 0.3) is 0 Å². The van der Waals surface area contributed by atoms with Crippen molar-refractivity contribution >= 4 is 11.6 Å². The maximum Gasteiger partial charge on any atom is 0.0863 e. The number of halogens is 1. The van der Waals surface area contributed by atoms with Gasteiger partial charge in [-0.25, -0.2) is 0 Å². The van der Waals surface area contributed by atoms with Crippen LogP contribution < -0.4 is 5.32 Å². The average Bonchev–Trinajstić information content (AvgIpc) is 3.26. The molecule has 2 heterocycles. The second-order valence-corrected chi connectivity index (χ2v) is 7.36. The molecule has 1 saturated heterocycles. The molecule has 0 radical (unpaired) electrons. The molecule has 2 aliphatic rings. The third-order valence-corrected chi connectivity index (χ3v) is 5.76. The minimum absolute atomic E-state index is 0.256. The summed E-state index contributed by atoms with van der Waals surface area (Å²) in [7, 11) is 2.01. The van der Waals surface area contributed by atoms with Crippen molar-refractivity contribution in [2.75, 3.05) is 13.1 Å². The van der Waals surface area contributed by atoms with Gasteiger partial charge in [0.1, 0.15) is 0 Å². The van der Waals surface area contributed by atoms with Gasteiger partial charge < -0.3 is 5.32 Å². The number of aromatic nitrogens is 2. The van der Waals surface area contributed by atoms with E-state index in [4.69, 9.17) is 11.6 Å². The third-order valence-electron chi connectivity index (χ3n) is 5.33. The second-order valence-electron chi connectivity index (χ2n) is 6.98. The largest absolute Gasteiger partial charge is 0.311 e. The Balaban J connectivity index is 1.85. The number of aryl methyl sites for hydroxylation is 2. The quantitative estimate of drug-likeness (QED) is 0.928. The molecule has 1 aliphatic carbocycles. The first-order valence-corrected chi connectivity index (χ1v) is 8.52. The van der Waals surface area contributed by atoms with Gasteiger partial charge in [-0.2, -0.15) is 5.10 Å². The summed E-state index contributed by atoms with van der Waals surface area (Å²) in [6, 6.07) is 0.537. The van der Waals surface area contributed by atoms with Crippen LogP contribution in [0.25, 0.3) is 0 Å². The SMILES string of the molecule is CCc1nn(C)c(CN2CC(C)NCC2(C)C2CC2)c1Cl. The summed E-state index contributed by atoms with van der Waals surface area (Å²) >= 11 is 6.55. The van der Waals surface area contributed by atoms with Crippen LogP contribution in [0.1, 0.15) is 45.0 Å². The van der Waals surface area contributed by atoms with Crippen molar-refractivity contribution in [2.24, 2.45) is 13.0 Å². The van der Waals surface area contributed by atoms with Crippen molar-refractivity contribution in [3.05, 3.63) is 16.4 Å². The van der Waals surface area contributed by atoms with Gasteiger partial charge in [0.2, 0.25) is 0 Å². The molecule has 1 aliphatic heterocycles. The molecule has 1 saturated carbocycles. The summed E-state index contributed by atoms with van der Waals surface area (Å²) in [5.41, 5.74) is 2.44. The molecular weight excluding hydrogens is 284 g/mol. The number of piperazine rings is 1. The molecule has 2 fully saturated rings. The van der Waals surface area contributed by atoms with Crippen LogP contribution in [0.15, 0.2) is 0 Å². The van der Waals surface area contributed by atoms with Crippen molar-refractivity contribution in [1.29, 1.82) is 0 Å². The summed E-state index contributed by atoms with van der Waals surface area (Å²) in [6.07, 6.45) is 3.62. The number of hydrogen-bond donors (Lipinski definition) is 1. The second kappa shape index (κ2) is 5.56. The fraction of sp³-hybridized carbons (Fsp3) is 0.812. The number of nitrogens with zero attached hydrogens (tertiary/aromatic N) is 3. The standard InChI is InChI=1S/C16H27ClN4/c1-5-13-15(17)14(20(4)19-13)9-21-8-11(2)18-10-16(21,3)12-6-7-12/h11-12,18H,5-10H2,1-4H3. The molecule has 0 bridgehead atoms. The first-order chi connectivity index (χ1) is 9.95. The van der Waals surface area contributed by atoms with Gasteiger partial charge in [-0.1, -0.05) is 18.5 Å². The number of rotatable bonds is 4. The molecule has 1 N–H and O–H groups in total. The molecule has 0 spiro atoms. The van der Waals surface area contributed by atoms with Crippen molar-refractivity contribution in [3.8, 4) is 0 Å². The zero-order valence-corrected chi connectivity index (χ0v) is 14.4. The fourth-order valence-electron chi connectivity index (χ4n) is 3.62. The Kier molecular flexibility index (Phi) is 4.06. The van der Waals surface area contributed by atoms with Gasteiger partial charge in [0, 0.05) is 38.3 Å². The lowest BCUT2D eigenvalue weighted by Crippen LogP contribution is -2.63. The van der Waals surface area contributed by atoms with Gasteiger partial charge in [0.15, 0.2) is 0 Å². The molecule has 21 heavy (non-hydrogen) atoms. The monoisotopic (exact) mass is 310 g/mol. The van der Waals surface area contributed by atoms with Crippen LogP contribution in [0.3, 0.4) is 0 Å². The van der Waals surface area contributed by atoms with E-state index in [0.717, 1.165) is 48.4 Å². The first kappa shape index (κ1) is 15.3. The van der Waals surface area contributed by atoms with Gasteiger partial charge in [0.05, 0.1) is 16.4 Å². The summed E-state index contributed by atoms with van der Waals surface area (Å²) in [5, 5.41) is 9.09. The van der Waals surface area contributed by atoms with E-state index in [2.05, 4.69) is 36.1 Å². The van der Waals surface area contributed by atoms with Crippen molar-refractivity contribution in [2.45, 2.75) is 58.2 Å². The maximum absolute atomic E-state index is 6.55. The van der Waals surface area contributed by atoms with E-state index < -0.39 is 0 Å². The van der Waals surface area contributed by atoms with E-state index in [9.17, 15) is 0 Å². The predicted octanol–water partition coefficient (Wildman–Crippen LogP) is 2.60. The Labute approximate surface area is 132 Å². The lowest BCUT2D eigenvalue weighted by Gasteiger charge is -2.48. The minimum Gasteiger partial charge on any atom is -0.311 e. The molecule has 118 valence electrons.